The number of halogens is 1. The molecule has 1 fully saturated rings. The van der Waals surface area contributed by atoms with E-state index in [1.165, 1.54) is 48.7 Å². The summed E-state index contributed by atoms with van der Waals surface area (Å²) in [4.78, 5) is 0. The second kappa shape index (κ2) is 5.73. The Morgan fingerprint density at radius 3 is 2.60 bits per heavy atom. The van der Waals surface area contributed by atoms with Gasteiger partial charge in [0.2, 0.25) is 0 Å². The van der Waals surface area contributed by atoms with Gasteiger partial charge in [-0.15, -0.1) is 0 Å². The van der Waals surface area contributed by atoms with E-state index in [-0.39, 0.29) is 7.24 Å². The molecule has 4 aromatic rings. The van der Waals surface area contributed by atoms with Gasteiger partial charge in [0.05, 0.1) is 17.2 Å². The van der Waals surface area contributed by atoms with Crippen LogP contribution in [-0.4, -0.2) is 14.8 Å². The highest BCUT2D eigenvalue weighted by Gasteiger charge is 2.22. The molecule has 1 aliphatic rings. The van der Waals surface area contributed by atoms with Crippen molar-refractivity contribution in [2.75, 3.05) is 0 Å². The fraction of sp³-hybridized carbons (Fsp3) is 0.286. The van der Waals surface area contributed by atoms with Crippen LogP contribution in [0.2, 0.25) is 0 Å². The lowest BCUT2D eigenvalue weighted by molar-refractivity contribution is 0.434. The Hall–Kier alpha value is -2.62. The summed E-state index contributed by atoms with van der Waals surface area (Å²) in [7, 11) is 0. The number of rotatable bonds is 2. The quantitative estimate of drug-likeness (QED) is 0.483. The first kappa shape index (κ1) is 14.7. The van der Waals surface area contributed by atoms with Crippen LogP contribution in [-0.2, 0) is 0 Å². The van der Waals surface area contributed by atoms with Crippen LogP contribution in [0.3, 0.4) is 0 Å². The standard InChI is InChI=1S/C21H20FN3.H2/c22-17-6-8-18(9-7-17)25-20(14-4-2-1-3-5-14)11-15-10-19-16(12-21(15)25)13-23-24-19;/h6-14H,1-5H2,(H,23,24);1H. The van der Waals surface area contributed by atoms with Gasteiger partial charge in [0.15, 0.2) is 0 Å². The number of H-pyrrole nitrogens is 1. The van der Waals surface area contributed by atoms with Crippen molar-refractivity contribution in [1.82, 2.24) is 14.8 Å². The first-order valence-electron chi connectivity index (χ1n) is 9.04. The lowest BCUT2D eigenvalue weighted by atomic mass is 9.87. The molecule has 25 heavy (non-hydrogen) atoms. The molecule has 128 valence electrons. The molecule has 0 saturated heterocycles. The van der Waals surface area contributed by atoms with E-state index in [9.17, 15) is 4.39 Å². The molecule has 0 bridgehead atoms. The SMILES string of the molecule is Fc1ccc(-n2c(C3CCCCC3)cc3cc4[nH]ncc4cc32)cc1.[HH]. The zero-order valence-corrected chi connectivity index (χ0v) is 14.0. The molecule has 0 spiro atoms. The fourth-order valence-electron chi connectivity index (χ4n) is 4.25. The first-order chi connectivity index (χ1) is 12.3. The van der Waals surface area contributed by atoms with Gasteiger partial charge in [-0.1, -0.05) is 19.3 Å². The molecule has 0 radical (unpaired) electrons. The number of aromatic nitrogens is 3. The molecule has 0 unspecified atom stereocenters. The number of benzene rings is 2. The van der Waals surface area contributed by atoms with Gasteiger partial charge in [-0.05, 0) is 61.2 Å². The molecule has 2 aromatic heterocycles. The van der Waals surface area contributed by atoms with Gasteiger partial charge >= 0.3 is 0 Å². The molecule has 1 N–H and O–H groups in total. The van der Waals surface area contributed by atoms with Gasteiger partial charge in [-0.2, -0.15) is 5.10 Å². The van der Waals surface area contributed by atoms with Crippen molar-refractivity contribution in [3.63, 3.8) is 0 Å². The maximum Gasteiger partial charge on any atom is 0.123 e. The van der Waals surface area contributed by atoms with Crippen LogP contribution >= 0.6 is 0 Å². The van der Waals surface area contributed by atoms with E-state index in [0.29, 0.717) is 5.92 Å². The third kappa shape index (κ3) is 2.44. The summed E-state index contributed by atoms with van der Waals surface area (Å²) in [6, 6.07) is 13.5. The Morgan fingerprint density at radius 2 is 1.80 bits per heavy atom. The Kier molecular flexibility index (Phi) is 3.37. The van der Waals surface area contributed by atoms with Crippen LogP contribution in [0.5, 0.6) is 0 Å². The highest BCUT2D eigenvalue weighted by atomic mass is 19.1. The molecule has 4 heteroatoms. The minimum Gasteiger partial charge on any atom is -0.313 e. The van der Waals surface area contributed by atoms with E-state index in [0.717, 1.165) is 16.6 Å². The first-order valence-corrected chi connectivity index (χ1v) is 9.04. The monoisotopic (exact) mass is 335 g/mol. The summed E-state index contributed by atoms with van der Waals surface area (Å²) >= 11 is 0. The van der Waals surface area contributed by atoms with Crippen LogP contribution < -0.4 is 0 Å². The predicted octanol–water partition coefficient (Wildman–Crippen LogP) is 5.94. The second-order valence-corrected chi connectivity index (χ2v) is 7.08. The second-order valence-electron chi connectivity index (χ2n) is 7.08. The highest BCUT2D eigenvalue weighted by Crippen LogP contribution is 2.38. The molecule has 3 nitrogen and oxygen atoms in total. The van der Waals surface area contributed by atoms with Gasteiger partial charge in [-0.25, -0.2) is 4.39 Å². The van der Waals surface area contributed by atoms with Crippen molar-refractivity contribution in [3.8, 4) is 5.69 Å². The summed E-state index contributed by atoms with van der Waals surface area (Å²) in [5.74, 6) is 0.374. The average molecular weight is 335 g/mol. The number of nitrogens with zero attached hydrogens (tertiary/aromatic N) is 2. The number of nitrogens with one attached hydrogen (secondary N) is 1. The number of hydrogen-bond donors (Lipinski definition) is 1. The summed E-state index contributed by atoms with van der Waals surface area (Å²) in [6.45, 7) is 0. The summed E-state index contributed by atoms with van der Waals surface area (Å²) < 4.78 is 15.8. The summed E-state index contributed by atoms with van der Waals surface area (Å²) in [6.07, 6.45) is 8.24. The van der Waals surface area contributed by atoms with E-state index < -0.39 is 0 Å². The Morgan fingerprint density at radius 1 is 1.00 bits per heavy atom. The molecule has 1 aliphatic carbocycles. The lowest BCUT2D eigenvalue weighted by Gasteiger charge is -2.24. The lowest BCUT2D eigenvalue weighted by Crippen LogP contribution is -2.10. The minimum absolute atomic E-state index is 0. The number of fused-ring (bicyclic) bond motifs is 2. The molecular weight excluding hydrogens is 313 g/mol. The molecule has 1 saturated carbocycles. The minimum atomic E-state index is -0.198. The third-order valence-electron chi connectivity index (χ3n) is 5.50. The van der Waals surface area contributed by atoms with Crippen molar-refractivity contribution in [2.24, 2.45) is 0 Å². The van der Waals surface area contributed by atoms with E-state index in [1.807, 2.05) is 18.3 Å². The smallest absolute Gasteiger partial charge is 0.123 e. The maximum atomic E-state index is 13.4. The van der Waals surface area contributed by atoms with E-state index in [2.05, 4.69) is 33.0 Å². The molecule has 0 atom stereocenters. The van der Waals surface area contributed by atoms with Gasteiger partial charge < -0.3 is 4.57 Å². The van der Waals surface area contributed by atoms with Crippen molar-refractivity contribution in [1.29, 1.82) is 0 Å². The van der Waals surface area contributed by atoms with Crippen molar-refractivity contribution < 1.29 is 5.82 Å². The Balaban J connectivity index is 0.00000168. The van der Waals surface area contributed by atoms with E-state index in [4.69, 9.17) is 0 Å². The van der Waals surface area contributed by atoms with Crippen molar-refractivity contribution >= 4 is 21.8 Å². The molecule has 2 heterocycles. The fourth-order valence-corrected chi connectivity index (χ4v) is 4.25. The van der Waals surface area contributed by atoms with Crippen molar-refractivity contribution in [2.45, 2.75) is 38.0 Å². The van der Waals surface area contributed by atoms with Gasteiger partial charge in [0.1, 0.15) is 5.82 Å². The maximum absolute atomic E-state index is 13.4. The highest BCUT2D eigenvalue weighted by molar-refractivity contribution is 5.96. The van der Waals surface area contributed by atoms with Gasteiger partial charge in [0.25, 0.3) is 0 Å². The van der Waals surface area contributed by atoms with Crippen LogP contribution in [0, 0.1) is 5.82 Å². The third-order valence-corrected chi connectivity index (χ3v) is 5.50. The van der Waals surface area contributed by atoms with Gasteiger partial charge in [-0.3, -0.25) is 5.10 Å². The van der Waals surface area contributed by atoms with Crippen LogP contribution in [0.15, 0.2) is 48.7 Å². The topological polar surface area (TPSA) is 33.6 Å². The Labute approximate surface area is 147 Å². The molecule has 0 amide bonds. The van der Waals surface area contributed by atoms with Crippen molar-refractivity contribution in [3.05, 3.63) is 60.2 Å². The molecular formula is C21H22FN3. The molecule has 2 aromatic carbocycles. The summed E-state index contributed by atoms with van der Waals surface area (Å²) in [5.41, 5.74) is 4.60. The zero-order valence-electron chi connectivity index (χ0n) is 14.0. The normalized spacial score (nSPS) is 16.0. The average Bonchev–Trinajstić information content (AvgIpc) is 3.25. The number of aromatic amines is 1. The van der Waals surface area contributed by atoms with Crippen LogP contribution in [0.4, 0.5) is 4.39 Å². The van der Waals surface area contributed by atoms with Gasteiger partial charge in [0, 0.05) is 23.6 Å². The molecule has 5 rings (SSSR count). The predicted molar refractivity (Wildman–Crippen MR) is 101 cm³/mol. The largest absolute Gasteiger partial charge is 0.313 e. The Bertz CT molecular complexity index is 1040. The molecule has 0 aliphatic heterocycles. The summed E-state index contributed by atoms with van der Waals surface area (Å²) in [5, 5.41) is 9.52. The van der Waals surface area contributed by atoms with E-state index >= 15 is 0 Å². The van der Waals surface area contributed by atoms with Crippen LogP contribution in [0.1, 0.15) is 45.1 Å². The number of hydrogen-bond acceptors (Lipinski definition) is 1. The van der Waals surface area contributed by atoms with E-state index in [1.54, 1.807) is 12.1 Å². The van der Waals surface area contributed by atoms with Crippen LogP contribution in [0.25, 0.3) is 27.5 Å². The zero-order chi connectivity index (χ0) is 16.8.